The molecule has 1 heterocycles. The third kappa shape index (κ3) is 7.30. The Labute approximate surface area is 282 Å². The summed E-state index contributed by atoms with van der Waals surface area (Å²) in [4.78, 5) is 16.9. The van der Waals surface area contributed by atoms with Crippen LogP contribution in [0, 0.1) is 0 Å². The largest absolute Gasteiger partial charge is 0.451 e. The van der Waals surface area contributed by atoms with Crippen LogP contribution in [0.5, 0.6) is 17.2 Å². The van der Waals surface area contributed by atoms with Gasteiger partial charge in [-0.3, -0.25) is 0 Å². The minimum absolute atomic E-state index is 0.170. The van der Waals surface area contributed by atoms with Gasteiger partial charge in [0.25, 0.3) is 6.35 Å². The lowest BCUT2D eigenvalue weighted by Crippen LogP contribution is -2.52. The van der Waals surface area contributed by atoms with Crippen LogP contribution in [0.3, 0.4) is 0 Å². The summed E-state index contributed by atoms with van der Waals surface area (Å²) in [5.41, 5.74) is 0. The molecule has 0 bridgehead atoms. The molecule has 1 aliphatic heterocycles. The lowest BCUT2D eigenvalue weighted by atomic mass is 10.3. The van der Waals surface area contributed by atoms with E-state index < -0.39 is 6.35 Å². The number of ether oxygens (including phenoxy) is 1. The number of rotatable bonds is 6. The molecule has 0 amide bonds. The first-order valence-corrected chi connectivity index (χ1v) is 16.7. The molecule has 0 fully saturated rings. The first-order chi connectivity index (χ1) is 17.0. The molecule has 190 valence electrons. The fraction of sp³-hybridized carbons (Fsp3) is 0.0952. The van der Waals surface area contributed by atoms with E-state index in [9.17, 15) is 0 Å². The van der Waals surface area contributed by atoms with Gasteiger partial charge in [0.05, 0.1) is 13.4 Å². The maximum absolute atomic E-state index is 6.25. The van der Waals surface area contributed by atoms with Crippen molar-refractivity contribution in [2.24, 2.45) is 4.99 Å². The van der Waals surface area contributed by atoms with Crippen molar-refractivity contribution in [2.75, 3.05) is 6.67 Å². The third-order valence-electron chi connectivity index (χ3n) is 4.44. The van der Waals surface area contributed by atoms with Crippen molar-refractivity contribution in [1.82, 2.24) is 10.1 Å². The van der Waals surface area contributed by atoms with E-state index in [4.69, 9.17) is 14.4 Å². The fourth-order valence-corrected chi connectivity index (χ4v) is 6.96. The topological polar surface area (TPSA) is 46.5 Å². The summed E-state index contributed by atoms with van der Waals surface area (Å²) in [6.45, 7) is 0.170. The lowest BCUT2D eigenvalue weighted by Gasteiger charge is -2.35. The monoisotopic (exact) mass is 1060 g/mol. The molecular formula is C21H10Br9N3O3. The average molecular weight is 1070 g/mol. The number of hydrogen-bond acceptors (Lipinski definition) is 6. The van der Waals surface area contributed by atoms with Crippen LogP contribution < -0.4 is 14.4 Å². The molecule has 1 atom stereocenters. The fourth-order valence-electron chi connectivity index (χ4n) is 2.77. The van der Waals surface area contributed by atoms with Crippen molar-refractivity contribution in [3.63, 3.8) is 0 Å². The molecule has 0 aromatic heterocycles. The third-order valence-corrected chi connectivity index (χ3v) is 11.8. The smallest absolute Gasteiger partial charge is 0.283 e. The molecule has 0 spiro atoms. The van der Waals surface area contributed by atoms with Gasteiger partial charge in [-0.1, -0.05) is 5.06 Å². The van der Waals surface area contributed by atoms with Crippen molar-refractivity contribution < 1.29 is 14.4 Å². The summed E-state index contributed by atoms with van der Waals surface area (Å²) in [7, 11) is 0. The molecule has 0 radical (unpaired) electrons. The predicted octanol–water partition coefficient (Wildman–Crippen LogP) is 10.8. The number of hydrogen-bond donors (Lipinski definition) is 0. The second-order valence-corrected chi connectivity index (χ2v) is 14.6. The van der Waals surface area contributed by atoms with E-state index >= 15 is 0 Å². The highest BCUT2D eigenvalue weighted by molar-refractivity contribution is 9.14. The summed E-state index contributed by atoms with van der Waals surface area (Å²) >= 11 is 31.7. The Bertz CT molecular complexity index is 1340. The Balaban J connectivity index is 1.64. The van der Waals surface area contributed by atoms with Crippen molar-refractivity contribution in [3.05, 3.63) is 76.7 Å². The highest BCUT2D eigenvalue weighted by atomic mass is 79.9. The molecule has 1 unspecified atom stereocenters. The van der Waals surface area contributed by atoms with Crippen molar-refractivity contribution in [1.29, 1.82) is 0 Å². The minimum atomic E-state index is -0.816. The summed E-state index contributed by atoms with van der Waals surface area (Å²) in [6.07, 6.45) is 0.741. The molecule has 3 aromatic carbocycles. The van der Waals surface area contributed by atoms with Gasteiger partial charge in [0.2, 0.25) is 0 Å². The van der Waals surface area contributed by atoms with Crippen LogP contribution in [0.4, 0.5) is 0 Å². The molecule has 6 nitrogen and oxygen atoms in total. The van der Waals surface area contributed by atoms with E-state index in [0.29, 0.717) is 17.2 Å². The molecular weight excluding hydrogens is 1060 g/mol. The summed E-state index contributed by atoms with van der Waals surface area (Å²) < 4.78 is 13.6. The Morgan fingerprint density at radius 1 is 0.556 bits per heavy atom. The van der Waals surface area contributed by atoms with Crippen LogP contribution in [0.1, 0.15) is 0 Å². The van der Waals surface area contributed by atoms with Gasteiger partial charge in [-0.25, -0.2) is 4.99 Å². The Morgan fingerprint density at radius 2 is 0.972 bits per heavy atom. The van der Waals surface area contributed by atoms with Crippen LogP contribution in [-0.2, 0) is 0 Å². The van der Waals surface area contributed by atoms with Gasteiger partial charge < -0.3 is 14.4 Å². The van der Waals surface area contributed by atoms with Crippen molar-refractivity contribution in [3.8, 4) is 17.2 Å². The van der Waals surface area contributed by atoms with Crippen LogP contribution in [0.25, 0.3) is 0 Å². The average Bonchev–Trinajstić information content (AvgIpc) is 2.81. The van der Waals surface area contributed by atoms with Crippen LogP contribution in [-0.4, -0.2) is 29.5 Å². The summed E-state index contributed by atoms with van der Waals surface area (Å²) in [5, 5.41) is 3.10. The number of hydroxylamine groups is 4. The lowest BCUT2D eigenvalue weighted by molar-refractivity contribution is -0.212. The van der Waals surface area contributed by atoms with Crippen molar-refractivity contribution in [2.45, 2.75) is 6.35 Å². The molecule has 36 heavy (non-hydrogen) atoms. The van der Waals surface area contributed by atoms with E-state index in [0.717, 1.165) is 40.3 Å². The molecule has 0 aliphatic carbocycles. The number of halogens is 9. The van der Waals surface area contributed by atoms with Gasteiger partial charge in [0.1, 0.15) is 18.8 Å². The molecule has 15 heteroatoms. The van der Waals surface area contributed by atoms with E-state index in [1.807, 2.05) is 36.4 Å². The Kier molecular flexibility index (Phi) is 10.7. The first-order valence-electron chi connectivity index (χ1n) is 9.54. The SMILES string of the molecule is Brc1cc(Br)c(OC2N=CN(Oc3cc(Br)c(Br)cc3Br)CN2Oc2cc(Br)c(Br)cc2Br)cc1Br. The standard InChI is InChI=1S/C21H10Br9N3O3/c22-9-1-15(28)18(4-12(9)25)34-21-31-7-32(35-19-5-13(26)10(23)2-16(19)29)8-33(21)36-20-6-14(27)11(24)3-17(20)30/h1-7,21H,8H2. The maximum atomic E-state index is 6.25. The van der Waals surface area contributed by atoms with Crippen LogP contribution >= 0.6 is 143 Å². The zero-order valence-corrected chi connectivity index (χ0v) is 31.6. The van der Waals surface area contributed by atoms with E-state index in [1.165, 1.54) is 5.06 Å². The number of aliphatic imine (C=N–C) groups is 1. The van der Waals surface area contributed by atoms with E-state index in [1.54, 1.807) is 11.4 Å². The molecule has 1 aliphatic rings. The zero-order valence-electron chi connectivity index (χ0n) is 17.3. The van der Waals surface area contributed by atoms with Crippen molar-refractivity contribution >= 4 is 150 Å². The van der Waals surface area contributed by atoms with Gasteiger partial charge in [-0.15, -0.1) is 0 Å². The minimum Gasteiger partial charge on any atom is -0.451 e. The van der Waals surface area contributed by atoms with E-state index in [2.05, 4.69) is 148 Å². The molecule has 3 aromatic rings. The predicted molar refractivity (Wildman–Crippen MR) is 171 cm³/mol. The highest BCUT2D eigenvalue weighted by Crippen LogP contribution is 2.39. The van der Waals surface area contributed by atoms with Gasteiger partial charge in [-0.2, -0.15) is 5.06 Å². The molecule has 0 saturated carbocycles. The van der Waals surface area contributed by atoms with Gasteiger partial charge in [0, 0.05) is 26.8 Å². The quantitative estimate of drug-likeness (QED) is 0.230. The van der Waals surface area contributed by atoms with Crippen LogP contribution in [0.2, 0.25) is 0 Å². The normalized spacial score (nSPS) is 15.8. The second kappa shape index (κ2) is 13.0. The van der Waals surface area contributed by atoms with E-state index in [-0.39, 0.29) is 6.67 Å². The second-order valence-electron chi connectivity index (χ2n) is 6.96. The Hall–Kier alpha value is 0.810. The van der Waals surface area contributed by atoms with Crippen LogP contribution in [0.15, 0.2) is 81.6 Å². The zero-order chi connectivity index (χ0) is 26.1. The van der Waals surface area contributed by atoms with Gasteiger partial charge >= 0.3 is 0 Å². The number of benzene rings is 3. The van der Waals surface area contributed by atoms with Gasteiger partial charge in [0.15, 0.2) is 11.5 Å². The Morgan fingerprint density at radius 3 is 1.50 bits per heavy atom. The van der Waals surface area contributed by atoms with Gasteiger partial charge in [-0.05, 0) is 180 Å². The summed E-state index contributed by atoms with van der Waals surface area (Å²) in [6, 6.07) is 11.2. The first kappa shape index (κ1) is 29.8. The maximum Gasteiger partial charge on any atom is 0.283 e. The molecule has 0 N–H and O–H groups in total. The number of nitrogens with zero attached hydrogens (tertiary/aromatic N) is 3. The molecule has 0 saturated heterocycles. The molecule has 4 rings (SSSR count). The summed E-state index contributed by atoms with van der Waals surface area (Å²) in [5.74, 6) is 1.72. The highest BCUT2D eigenvalue weighted by Gasteiger charge is 2.30.